The summed E-state index contributed by atoms with van der Waals surface area (Å²) in [4.78, 5) is 11.8. The van der Waals surface area contributed by atoms with E-state index in [-0.39, 0.29) is 11.8 Å². The lowest BCUT2D eigenvalue weighted by molar-refractivity contribution is -0.137. The van der Waals surface area contributed by atoms with Crippen LogP contribution < -0.4 is 10.2 Å². The van der Waals surface area contributed by atoms with E-state index in [9.17, 15) is 13.2 Å². The van der Waals surface area contributed by atoms with Gasteiger partial charge in [-0.2, -0.15) is 18.2 Å². The molecule has 0 aliphatic rings. The molecular formula is C19H24Cl2F3N5. The molecule has 0 saturated heterocycles. The molecule has 160 valence electrons. The molecule has 1 heterocycles. The van der Waals surface area contributed by atoms with Gasteiger partial charge < -0.3 is 15.1 Å². The molecule has 0 unspecified atom stereocenters. The largest absolute Gasteiger partial charge is 0.421 e. The molecule has 0 fully saturated rings. The highest BCUT2D eigenvalue weighted by Crippen LogP contribution is 2.36. The average molecular weight is 450 g/mol. The monoisotopic (exact) mass is 449 g/mol. The Morgan fingerprint density at radius 2 is 1.69 bits per heavy atom. The van der Waals surface area contributed by atoms with Crippen LogP contribution in [-0.4, -0.2) is 47.6 Å². The molecule has 0 radical (unpaired) electrons. The zero-order valence-corrected chi connectivity index (χ0v) is 18.0. The molecule has 5 nitrogen and oxygen atoms in total. The molecule has 0 atom stereocenters. The van der Waals surface area contributed by atoms with Gasteiger partial charge in [-0.05, 0) is 38.2 Å². The third-order valence-electron chi connectivity index (χ3n) is 4.51. The van der Waals surface area contributed by atoms with Crippen LogP contribution in [0, 0.1) is 0 Å². The summed E-state index contributed by atoms with van der Waals surface area (Å²) >= 11 is 11.9. The Labute approximate surface area is 178 Å². The number of aromatic nitrogens is 2. The second kappa shape index (κ2) is 10.3. The van der Waals surface area contributed by atoms with E-state index in [1.807, 2.05) is 13.8 Å². The van der Waals surface area contributed by atoms with Crippen molar-refractivity contribution in [3.05, 3.63) is 40.0 Å². The van der Waals surface area contributed by atoms with Crippen molar-refractivity contribution in [3.63, 3.8) is 0 Å². The first-order valence-corrected chi connectivity index (χ1v) is 10.1. The van der Waals surface area contributed by atoms with E-state index in [0.717, 1.165) is 19.3 Å². The smallest absolute Gasteiger partial charge is 0.355 e. The van der Waals surface area contributed by atoms with Gasteiger partial charge in [-0.25, -0.2) is 4.98 Å². The molecule has 2 aromatic rings. The number of hydrogen-bond donors (Lipinski definition) is 1. The lowest BCUT2D eigenvalue weighted by Gasteiger charge is -2.28. The molecule has 0 amide bonds. The van der Waals surface area contributed by atoms with Gasteiger partial charge in [0.2, 0.25) is 5.95 Å². The van der Waals surface area contributed by atoms with Gasteiger partial charge in [0.25, 0.3) is 0 Å². The molecule has 29 heavy (non-hydrogen) atoms. The van der Waals surface area contributed by atoms with Crippen molar-refractivity contribution in [1.29, 1.82) is 0 Å². The van der Waals surface area contributed by atoms with E-state index in [1.54, 1.807) is 30.0 Å². The first kappa shape index (κ1) is 23.5. The number of hydrogen-bond acceptors (Lipinski definition) is 5. The number of rotatable bonds is 9. The second-order valence-corrected chi connectivity index (χ2v) is 7.10. The Hall–Kier alpha value is -1.77. The fourth-order valence-corrected chi connectivity index (χ4v) is 3.09. The Bertz CT molecular complexity index is 813. The van der Waals surface area contributed by atoms with E-state index in [4.69, 9.17) is 23.2 Å². The molecule has 0 saturated carbocycles. The van der Waals surface area contributed by atoms with Crippen molar-refractivity contribution in [2.75, 3.05) is 42.9 Å². The van der Waals surface area contributed by atoms with Gasteiger partial charge in [0.05, 0.1) is 10.0 Å². The second-order valence-electron chi connectivity index (χ2n) is 6.29. The van der Waals surface area contributed by atoms with Gasteiger partial charge in [-0.3, -0.25) is 0 Å². The number of alkyl halides is 3. The quantitative estimate of drug-likeness (QED) is 0.530. The summed E-state index contributed by atoms with van der Waals surface area (Å²) in [5.41, 5.74) is -0.338. The van der Waals surface area contributed by atoms with Crippen LogP contribution in [-0.2, 0) is 6.18 Å². The normalized spacial score (nSPS) is 11.8. The summed E-state index contributed by atoms with van der Waals surface area (Å²) in [5, 5.41) is 3.58. The molecule has 0 aliphatic heterocycles. The Morgan fingerprint density at radius 1 is 1.00 bits per heavy atom. The highest BCUT2D eigenvalue weighted by Gasteiger charge is 2.36. The van der Waals surface area contributed by atoms with E-state index in [0.29, 0.717) is 35.4 Å². The summed E-state index contributed by atoms with van der Waals surface area (Å²) in [7, 11) is 0. The molecule has 10 heteroatoms. The molecule has 0 spiro atoms. The van der Waals surface area contributed by atoms with Crippen molar-refractivity contribution in [2.24, 2.45) is 0 Å². The first-order valence-electron chi connectivity index (χ1n) is 9.33. The maximum absolute atomic E-state index is 13.6. The minimum absolute atomic E-state index is 0.0488. The minimum atomic E-state index is -4.56. The number of nitrogens with zero attached hydrogens (tertiary/aromatic N) is 4. The zero-order valence-electron chi connectivity index (χ0n) is 16.5. The SMILES string of the molecule is CCN(CC)CCN(CC)c1nc(Nc2ccc(Cl)c(Cl)c2)ncc1C(F)(F)F. The predicted molar refractivity (Wildman–Crippen MR) is 112 cm³/mol. The van der Waals surface area contributed by atoms with Crippen LogP contribution in [0.25, 0.3) is 0 Å². The molecular weight excluding hydrogens is 426 g/mol. The third-order valence-corrected chi connectivity index (χ3v) is 5.25. The topological polar surface area (TPSA) is 44.3 Å². The van der Waals surface area contributed by atoms with E-state index < -0.39 is 11.7 Å². The molecule has 2 rings (SSSR count). The Morgan fingerprint density at radius 3 is 2.24 bits per heavy atom. The lowest BCUT2D eigenvalue weighted by Crippen LogP contribution is -2.36. The number of halogens is 5. The molecule has 1 N–H and O–H groups in total. The van der Waals surface area contributed by atoms with Crippen LogP contribution in [0.15, 0.2) is 24.4 Å². The predicted octanol–water partition coefficient (Wildman–Crippen LogP) is 5.71. The lowest BCUT2D eigenvalue weighted by atomic mass is 10.2. The minimum Gasteiger partial charge on any atom is -0.355 e. The molecule has 1 aromatic carbocycles. The van der Waals surface area contributed by atoms with Crippen LogP contribution in [0.5, 0.6) is 0 Å². The van der Waals surface area contributed by atoms with Gasteiger partial charge in [0.1, 0.15) is 11.4 Å². The van der Waals surface area contributed by atoms with Crippen molar-refractivity contribution in [1.82, 2.24) is 14.9 Å². The van der Waals surface area contributed by atoms with Gasteiger partial charge in [0.15, 0.2) is 0 Å². The van der Waals surface area contributed by atoms with Gasteiger partial charge in [-0.15, -0.1) is 0 Å². The van der Waals surface area contributed by atoms with Gasteiger partial charge >= 0.3 is 6.18 Å². The van der Waals surface area contributed by atoms with Crippen LogP contribution in [0.4, 0.5) is 30.6 Å². The van der Waals surface area contributed by atoms with E-state index in [2.05, 4.69) is 20.2 Å². The molecule has 1 aromatic heterocycles. The highest BCUT2D eigenvalue weighted by molar-refractivity contribution is 6.42. The van der Waals surface area contributed by atoms with E-state index in [1.165, 1.54) is 0 Å². The van der Waals surface area contributed by atoms with Crippen molar-refractivity contribution in [2.45, 2.75) is 26.9 Å². The average Bonchev–Trinajstić information content (AvgIpc) is 2.67. The Kier molecular flexibility index (Phi) is 8.36. The highest BCUT2D eigenvalue weighted by atomic mass is 35.5. The zero-order chi connectivity index (χ0) is 21.6. The number of anilines is 3. The Balaban J connectivity index is 2.35. The first-order chi connectivity index (χ1) is 13.7. The van der Waals surface area contributed by atoms with Gasteiger partial charge in [-0.1, -0.05) is 37.0 Å². The number of nitrogens with one attached hydrogen (secondary N) is 1. The summed E-state index contributed by atoms with van der Waals surface area (Å²) in [5.74, 6) is -0.0996. The van der Waals surface area contributed by atoms with Crippen molar-refractivity contribution >= 4 is 40.7 Å². The fourth-order valence-electron chi connectivity index (χ4n) is 2.79. The maximum atomic E-state index is 13.6. The van der Waals surface area contributed by atoms with E-state index >= 15 is 0 Å². The van der Waals surface area contributed by atoms with Crippen LogP contribution in [0.3, 0.4) is 0 Å². The number of likely N-dealkylation sites (N-methyl/N-ethyl adjacent to an activating group) is 2. The number of benzene rings is 1. The third kappa shape index (κ3) is 6.35. The molecule has 0 bridgehead atoms. The van der Waals surface area contributed by atoms with Crippen molar-refractivity contribution in [3.8, 4) is 0 Å². The summed E-state index contributed by atoms with van der Waals surface area (Å²) < 4.78 is 40.7. The van der Waals surface area contributed by atoms with Crippen LogP contribution >= 0.6 is 23.2 Å². The molecule has 0 aliphatic carbocycles. The maximum Gasteiger partial charge on any atom is 0.421 e. The summed E-state index contributed by atoms with van der Waals surface area (Å²) in [6.45, 7) is 8.93. The van der Waals surface area contributed by atoms with Crippen molar-refractivity contribution < 1.29 is 13.2 Å². The summed E-state index contributed by atoms with van der Waals surface area (Å²) in [6, 6.07) is 4.79. The summed E-state index contributed by atoms with van der Waals surface area (Å²) in [6.07, 6.45) is -3.75. The standard InChI is InChI=1S/C19H24Cl2F3N5/c1-4-28(5-2)9-10-29(6-3)17-14(19(22,23)24)12-25-18(27-17)26-13-7-8-15(20)16(21)11-13/h7-8,11-12H,4-6,9-10H2,1-3H3,(H,25,26,27). The fraction of sp³-hybridized carbons (Fsp3) is 0.474. The van der Waals surface area contributed by atoms with Crippen LogP contribution in [0.1, 0.15) is 26.3 Å². The van der Waals surface area contributed by atoms with Gasteiger partial charge in [0, 0.05) is 31.5 Å². The van der Waals surface area contributed by atoms with Crippen LogP contribution in [0.2, 0.25) is 10.0 Å².